The average molecular weight is 681 g/mol. The number of guanidine groups is 1. The number of phenols is 1. The number of nitrogens with zero attached hydrogens (tertiary/aromatic N) is 2. The monoisotopic (exact) mass is 680 g/mol. The van der Waals surface area contributed by atoms with E-state index in [1.165, 1.54) is 12.1 Å². The lowest BCUT2D eigenvalue weighted by atomic mass is 10.1. The third-order valence-corrected chi connectivity index (χ3v) is 10.9. The molecule has 1 saturated heterocycles. The van der Waals surface area contributed by atoms with Gasteiger partial charge in [0.25, 0.3) is 0 Å². The summed E-state index contributed by atoms with van der Waals surface area (Å²) in [6.45, 7) is 0.939. The molecule has 1 aliphatic rings. The Hall–Kier alpha value is -4.71. The van der Waals surface area contributed by atoms with Crippen LogP contribution in [0.5, 0.6) is 5.75 Å². The number of nitrogens with one attached hydrogen (secondary N) is 1. The van der Waals surface area contributed by atoms with E-state index in [1.54, 1.807) is 12.1 Å². The van der Waals surface area contributed by atoms with Crippen molar-refractivity contribution in [3.63, 3.8) is 0 Å². The van der Waals surface area contributed by atoms with Gasteiger partial charge in [0, 0.05) is 31.8 Å². The molecule has 1 fully saturated rings. The maximum absolute atomic E-state index is 14.6. The predicted molar refractivity (Wildman–Crippen MR) is 185 cm³/mol. The minimum atomic E-state index is -3.06. The van der Waals surface area contributed by atoms with Crippen LogP contribution in [0.15, 0.2) is 89.9 Å². The molecule has 13 nitrogen and oxygen atoms in total. The second-order valence-electron chi connectivity index (χ2n) is 11.6. The van der Waals surface area contributed by atoms with Crippen LogP contribution in [-0.4, -0.2) is 75.0 Å². The first-order valence-corrected chi connectivity index (χ1v) is 17.7. The fourth-order valence-corrected chi connectivity index (χ4v) is 8.68. The number of carbonyl (C=O) groups is 3. The number of aromatic hydroxyl groups is 1. The van der Waals surface area contributed by atoms with Gasteiger partial charge >= 0.3 is 11.9 Å². The zero-order chi connectivity index (χ0) is 35.1. The van der Waals surface area contributed by atoms with Gasteiger partial charge in [-0.2, -0.15) is 0 Å². The van der Waals surface area contributed by atoms with E-state index in [4.69, 9.17) is 22.3 Å². The number of carboxylic acids is 2. The fraction of sp³-hybridized carbons (Fsp3) is 0.353. The lowest BCUT2D eigenvalue weighted by molar-refractivity contribution is -0.142. The molecule has 1 amide bonds. The summed E-state index contributed by atoms with van der Waals surface area (Å²) in [7, 11) is -3.06. The first-order valence-electron chi connectivity index (χ1n) is 15.7. The van der Waals surface area contributed by atoms with Crippen molar-refractivity contribution >= 4 is 31.1 Å². The highest BCUT2D eigenvalue weighted by molar-refractivity contribution is 7.60. The quantitative estimate of drug-likeness (QED) is 0.0533. The lowest BCUT2D eigenvalue weighted by Gasteiger charge is -2.33. The maximum atomic E-state index is 14.6. The Morgan fingerprint density at radius 2 is 1.44 bits per heavy atom. The Labute approximate surface area is 280 Å². The highest BCUT2D eigenvalue weighted by Crippen LogP contribution is 2.58. The minimum Gasteiger partial charge on any atom is -0.508 e. The summed E-state index contributed by atoms with van der Waals surface area (Å²) in [6.07, 6.45) is 2.94. The largest absolute Gasteiger partial charge is 0.508 e. The number of aliphatic imine (C=N–C) groups is 1. The van der Waals surface area contributed by atoms with E-state index in [-0.39, 0.29) is 18.1 Å². The second kappa shape index (κ2) is 18.6. The molecule has 4 rings (SSSR count). The summed E-state index contributed by atoms with van der Waals surface area (Å²) < 4.78 is 16.5. The number of carboxylic acid groups (broad SMARTS) is 2. The lowest BCUT2D eigenvalue weighted by Crippen LogP contribution is -2.49. The minimum absolute atomic E-state index is 0.0129. The first-order chi connectivity index (χ1) is 22.9. The summed E-state index contributed by atoms with van der Waals surface area (Å²) in [4.78, 5) is 39.2. The van der Waals surface area contributed by atoms with Crippen molar-refractivity contribution in [1.29, 1.82) is 0 Å². The molecule has 1 aliphatic heterocycles. The molecule has 48 heavy (non-hydrogen) atoms. The third-order valence-electron chi connectivity index (χ3n) is 7.82. The smallest absolute Gasteiger partial charge is 0.326 e. The molecule has 10 N–H and O–H groups in total. The van der Waals surface area contributed by atoms with Crippen molar-refractivity contribution in [1.82, 2.24) is 9.99 Å². The topological polar surface area (TPSA) is 235 Å². The molecule has 3 atom stereocenters. The van der Waals surface area contributed by atoms with Crippen LogP contribution in [0.3, 0.4) is 0 Å². The van der Waals surface area contributed by atoms with Crippen molar-refractivity contribution in [2.75, 3.05) is 13.1 Å². The molecule has 0 saturated carbocycles. The Morgan fingerprint density at radius 1 is 0.875 bits per heavy atom. The zero-order valence-corrected chi connectivity index (χ0v) is 27.6. The molecule has 1 heterocycles. The third kappa shape index (κ3) is 12.1. The average Bonchev–Trinajstić information content (AvgIpc) is 3.56. The van der Waals surface area contributed by atoms with Crippen molar-refractivity contribution in [2.24, 2.45) is 22.2 Å². The summed E-state index contributed by atoms with van der Waals surface area (Å²) in [5.41, 5.74) is 17.9. The van der Waals surface area contributed by atoms with Gasteiger partial charge in [-0.15, -0.1) is 0 Å². The number of hydrogen-bond donors (Lipinski definition) is 7. The van der Waals surface area contributed by atoms with Crippen LogP contribution in [0.1, 0.15) is 42.4 Å². The Morgan fingerprint density at radius 3 is 1.94 bits per heavy atom. The van der Waals surface area contributed by atoms with Crippen LogP contribution in [0.2, 0.25) is 0 Å². The molecule has 14 heteroatoms. The molecular formula is C34H45N6O7P. The highest BCUT2D eigenvalue weighted by Gasteiger charge is 2.43. The van der Waals surface area contributed by atoms with E-state index in [1.807, 2.05) is 65.3 Å². The van der Waals surface area contributed by atoms with Crippen LogP contribution in [-0.2, 0) is 37.7 Å². The molecule has 0 spiro atoms. The number of nitrogens with two attached hydrogens (primary N) is 3. The SMILES string of the molecule is NC(N)=NCCC[C@H](N)C(=O)O.O=C(O)[C@H](Cc1ccc(O)cc1)NC(=O)[C@@H]1CCCN1P(=O)(Cc1ccccc1)Cc1ccccc1. The molecule has 3 aromatic carbocycles. The molecule has 0 aliphatic carbocycles. The van der Waals surface area contributed by atoms with Crippen molar-refractivity contribution in [3.8, 4) is 5.75 Å². The molecule has 258 valence electrons. The summed E-state index contributed by atoms with van der Waals surface area (Å²) in [5, 5.41) is 30.3. The maximum Gasteiger partial charge on any atom is 0.326 e. The number of benzene rings is 3. The number of rotatable bonds is 15. The predicted octanol–water partition coefficient (Wildman–Crippen LogP) is 3.10. The van der Waals surface area contributed by atoms with Gasteiger partial charge < -0.3 is 42.4 Å². The summed E-state index contributed by atoms with van der Waals surface area (Å²) >= 11 is 0. The van der Waals surface area contributed by atoms with Crippen LogP contribution in [0.4, 0.5) is 0 Å². The van der Waals surface area contributed by atoms with Gasteiger partial charge in [0.15, 0.2) is 13.3 Å². The highest BCUT2D eigenvalue weighted by atomic mass is 31.2. The Kier molecular flexibility index (Phi) is 14.6. The van der Waals surface area contributed by atoms with Gasteiger partial charge in [-0.1, -0.05) is 72.8 Å². The second-order valence-corrected chi connectivity index (χ2v) is 14.5. The van der Waals surface area contributed by atoms with Crippen LogP contribution < -0.4 is 22.5 Å². The van der Waals surface area contributed by atoms with Gasteiger partial charge in [0.2, 0.25) is 5.91 Å². The van der Waals surface area contributed by atoms with Gasteiger partial charge in [-0.25, -0.2) is 9.46 Å². The number of carbonyl (C=O) groups excluding carboxylic acids is 1. The fourth-order valence-electron chi connectivity index (χ4n) is 5.41. The standard InChI is InChI=1S/C28H31N2O5P.C6H14N4O2/c31-24-15-13-21(14-16-24)18-25(28(33)34)29-27(32)26-12-7-17-30(26)36(35,19-22-8-3-1-4-9-22)20-23-10-5-2-6-11-23;7-4(5(11)12)2-1-3-10-6(8)9/h1-6,8-11,13-16,25-26,31H,7,12,17-20H2,(H,29,32)(H,33,34);4H,1-3,7H2,(H,11,12)(H4,8,9,10)/t25-,26-;4-/m00/s1. The van der Waals surface area contributed by atoms with E-state index in [0.717, 1.165) is 11.1 Å². The van der Waals surface area contributed by atoms with Crippen molar-refractivity contribution in [3.05, 3.63) is 102 Å². The van der Waals surface area contributed by atoms with Crippen LogP contribution in [0.25, 0.3) is 0 Å². The normalized spacial score (nSPS) is 15.7. The van der Waals surface area contributed by atoms with E-state index in [0.29, 0.717) is 56.7 Å². The molecule has 0 bridgehead atoms. The molecule has 3 aromatic rings. The Bertz CT molecular complexity index is 1510. The summed E-state index contributed by atoms with van der Waals surface area (Å²) in [5.74, 6) is -2.46. The molecule has 0 aromatic heterocycles. The van der Waals surface area contributed by atoms with Gasteiger partial charge in [-0.05, 0) is 54.5 Å². The van der Waals surface area contributed by atoms with Crippen LogP contribution in [0, 0.1) is 0 Å². The number of amides is 1. The molecular weight excluding hydrogens is 635 g/mol. The van der Waals surface area contributed by atoms with Gasteiger partial charge in [-0.3, -0.25) is 14.6 Å². The number of hydrogen-bond acceptors (Lipinski definition) is 7. The Balaban J connectivity index is 0.000000444. The van der Waals surface area contributed by atoms with Crippen molar-refractivity contribution < 1.29 is 34.3 Å². The molecule has 0 radical (unpaired) electrons. The number of aliphatic carboxylic acids is 2. The van der Waals surface area contributed by atoms with Gasteiger partial charge in [0.1, 0.15) is 17.8 Å². The van der Waals surface area contributed by atoms with Gasteiger partial charge in [0.05, 0.1) is 6.04 Å². The van der Waals surface area contributed by atoms with E-state index in [2.05, 4.69) is 10.3 Å². The van der Waals surface area contributed by atoms with Crippen molar-refractivity contribution in [2.45, 2.75) is 62.6 Å². The summed E-state index contributed by atoms with van der Waals surface area (Å²) in [6, 6.07) is 22.9. The molecule has 0 unspecified atom stereocenters. The van der Waals surface area contributed by atoms with E-state index >= 15 is 0 Å². The number of phenolic OH excluding ortho intramolecular Hbond substituents is 1. The first kappa shape index (κ1) is 37.7. The van der Waals surface area contributed by atoms with Crippen LogP contribution >= 0.6 is 7.29 Å². The van der Waals surface area contributed by atoms with E-state index in [9.17, 15) is 29.2 Å². The zero-order valence-electron chi connectivity index (χ0n) is 26.7. The van der Waals surface area contributed by atoms with E-state index < -0.39 is 43.3 Å².